The number of likely N-dealkylation sites (N-methyl/N-ethyl adjacent to an activating group) is 1. The normalized spacial score (nSPS) is 10.8. The van der Waals surface area contributed by atoms with Gasteiger partial charge in [-0.3, -0.25) is 4.79 Å². The number of hydrogen-bond donors (Lipinski definition) is 1. The molecule has 4 heteroatoms. The molecular formula is C25H25ClN2O. The van der Waals surface area contributed by atoms with Gasteiger partial charge in [-0.25, -0.2) is 0 Å². The van der Waals surface area contributed by atoms with Crippen LogP contribution in [0.3, 0.4) is 0 Å². The minimum absolute atomic E-state index is 0.212. The average molecular weight is 405 g/mol. The van der Waals surface area contributed by atoms with Crippen LogP contribution in [0, 0.1) is 0 Å². The molecule has 0 saturated carbocycles. The van der Waals surface area contributed by atoms with Crippen molar-refractivity contribution >= 4 is 28.8 Å². The van der Waals surface area contributed by atoms with Crippen LogP contribution >= 0.6 is 11.6 Å². The Balaban J connectivity index is 1.64. The fourth-order valence-electron chi connectivity index (χ4n) is 2.99. The minimum Gasteiger partial charge on any atom is -0.322 e. The third kappa shape index (κ3) is 5.57. The molecule has 0 aliphatic heterocycles. The van der Waals surface area contributed by atoms with E-state index in [0.29, 0.717) is 10.6 Å². The maximum atomic E-state index is 12.6. The van der Waals surface area contributed by atoms with E-state index >= 15 is 0 Å². The van der Waals surface area contributed by atoms with E-state index in [1.165, 1.54) is 5.56 Å². The van der Waals surface area contributed by atoms with Crippen molar-refractivity contribution in [3.8, 4) is 11.1 Å². The predicted molar refractivity (Wildman–Crippen MR) is 123 cm³/mol. The number of nitrogens with one attached hydrogen (secondary N) is 1. The van der Waals surface area contributed by atoms with Crippen LogP contribution in [0.25, 0.3) is 16.7 Å². The third-order valence-corrected chi connectivity index (χ3v) is 5.08. The summed E-state index contributed by atoms with van der Waals surface area (Å²) in [5.41, 5.74) is 5.17. The van der Waals surface area contributed by atoms with E-state index in [9.17, 15) is 4.79 Å². The van der Waals surface area contributed by atoms with E-state index in [1.54, 1.807) is 0 Å². The number of benzene rings is 3. The summed E-state index contributed by atoms with van der Waals surface area (Å²) < 4.78 is 0. The Kier molecular flexibility index (Phi) is 6.86. The van der Waals surface area contributed by atoms with Gasteiger partial charge in [-0.2, -0.15) is 0 Å². The topological polar surface area (TPSA) is 32.3 Å². The molecule has 0 aliphatic rings. The van der Waals surface area contributed by atoms with Crippen molar-refractivity contribution in [3.05, 3.63) is 95.5 Å². The number of amides is 1. The van der Waals surface area contributed by atoms with Crippen LogP contribution in [-0.2, 0) is 11.2 Å². The molecule has 0 radical (unpaired) electrons. The zero-order chi connectivity index (χ0) is 20.8. The van der Waals surface area contributed by atoms with E-state index in [4.69, 9.17) is 11.6 Å². The summed E-state index contributed by atoms with van der Waals surface area (Å²) in [4.78, 5) is 14.7. The first-order valence-corrected chi connectivity index (χ1v) is 9.91. The van der Waals surface area contributed by atoms with Gasteiger partial charge < -0.3 is 10.2 Å². The summed E-state index contributed by atoms with van der Waals surface area (Å²) in [7, 11) is 4.11. The van der Waals surface area contributed by atoms with E-state index < -0.39 is 0 Å². The second-order valence-corrected chi connectivity index (χ2v) is 7.65. The van der Waals surface area contributed by atoms with Gasteiger partial charge in [-0.15, -0.1) is 0 Å². The number of anilines is 1. The lowest BCUT2D eigenvalue weighted by molar-refractivity contribution is -0.111. The Hall–Kier alpha value is -2.88. The third-order valence-electron chi connectivity index (χ3n) is 4.75. The van der Waals surface area contributed by atoms with E-state index in [-0.39, 0.29) is 5.91 Å². The summed E-state index contributed by atoms with van der Waals surface area (Å²) in [6, 6.07) is 23.3. The molecule has 0 spiro atoms. The zero-order valence-electron chi connectivity index (χ0n) is 16.8. The molecule has 0 unspecified atom stereocenters. The molecule has 3 nitrogen and oxygen atoms in total. The molecule has 3 rings (SSSR count). The number of nitrogens with zero attached hydrogens (tertiary/aromatic N) is 1. The number of rotatable bonds is 7. The quantitative estimate of drug-likeness (QED) is 0.507. The van der Waals surface area contributed by atoms with Crippen LogP contribution in [-0.4, -0.2) is 31.4 Å². The van der Waals surface area contributed by atoms with Crippen molar-refractivity contribution in [3.63, 3.8) is 0 Å². The molecule has 0 heterocycles. The van der Waals surface area contributed by atoms with Crippen molar-refractivity contribution < 1.29 is 4.79 Å². The molecule has 0 bridgehead atoms. The Bertz CT molecular complexity index is 992. The van der Waals surface area contributed by atoms with Gasteiger partial charge in [0.2, 0.25) is 0 Å². The van der Waals surface area contributed by atoms with Crippen LogP contribution in [0.5, 0.6) is 0 Å². The van der Waals surface area contributed by atoms with Crippen molar-refractivity contribution in [2.24, 2.45) is 0 Å². The minimum atomic E-state index is -0.212. The van der Waals surface area contributed by atoms with E-state index in [1.807, 2.05) is 72.8 Å². The van der Waals surface area contributed by atoms with Gasteiger partial charge in [0.05, 0.1) is 0 Å². The fourth-order valence-corrected chi connectivity index (χ4v) is 3.24. The first-order valence-electron chi connectivity index (χ1n) is 9.53. The fraction of sp³-hybridized carbons (Fsp3) is 0.160. The monoisotopic (exact) mass is 404 g/mol. The van der Waals surface area contributed by atoms with Crippen molar-refractivity contribution in [1.82, 2.24) is 4.90 Å². The van der Waals surface area contributed by atoms with Crippen LogP contribution < -0.4 is 5.32 Å². The van der Waals surface area contributed by atoms with Crippen LogP contribution in [0.2, 0.25) is 5.02 Å². The number of carbonyl (C=O) groups is 1. The Morgan fingerprint density at radius 2 is 1.62 bits per heavy atom. The van der Waals surface area contributed by atoms with E-state index in [0.717, 1.165) is 35.3 Å². The largest absolute Gasteiger partial charge is 0.322 e. The Morgan fingerprint density at radius 1 is 0.966 bits per heavy atom. The Labute approximate surface area is 177 Å². The highest BCUT2D eigenvalue weighted by Gasteiger charge is 2.11. The standard InChI is InChI=1S/C25H25ClN2O/c1-18(20-10-12-21(13-11-20)23-6-4-5-7-24(23)26)25(29)27-22-14-8-19(9-15-22)16-17-28(2)3/h4-15H,1,16-17H2,2-3H3,(H,27,29). The number of carbonyl (C=O) groups excluding carboxylic acids is 1. The molecule has 148 valence electrons. The second kappa shape index (κ2) is 9.55. The molecule has 0 fully saturated rings. The predicted octanol–water partition coefficient (Wildman–Crippen LogP) is 5.76. The summed E-state index contributed by atoms with van der Waals surface area (Å²) in [6.45, 7) is 4.96. The van der Waals surface area contributed by atoms with Gasteiger partial charge in [-0.05, 0) is 55.4 Å². The SMILES string of the molecule is C=C(C(=O)Nc1ccc(CCN(C)C)cc1)c1ccc(-c2ccccc2Cl)cc1. The molecule has 0 aromatic heterocycles. The Morgan fingerprint density at radius 3 is 2.24 bits per heavy atom. The van der Waals surface area contributed by atoms with Gasteiger partial charge in [-0.1, -0.05) is 72.8 Å². The first kappa shape index (κ1) is 20.8. The van der Waals surface area contributed by atoms with Crippen LogP contribution in [0.1, 0.15) is 11.1 Å². The molecule has 3 aromatic rings. The smallest absolute Gasteiger partial charge is 0.255 e. The van der Waals surface area contributed by atoms with Gasteiger partial charge in [0.15, 0.2) is 0 Å². The molecular weight excluding hydrogens is 380 g/mol. The molecule has 1 N–H and O–H groups in total. The summed E-state index contributed by atoms with van der Waals surface area (Å²) >= 11 is 6.26. The molecule has 1 amide bonds. The van der Waals surface area contributed by atoms with Gasteiger partial charge in [0, 0.05) is 28.4 Å². The van der Waals surface area contributed by atoms with E-state index in [2.05, 4.69) is 30.9 Å². The van der Waals surface area contributed by atoms with Gasteiger partial charge in [0.1, 0.15) is 0 Å². The highest BCUT2D eigenvalue weighted by Crippen LogP contribution is 2.28. The maximum Gasteiger partial charge on any atom is 0.255 e. The second-order valence-electron chi connectivity index (χ2n) is 7.24. The highest BCUT2D eigenvalue weighted by atomic mass is 35.5. The van der Waals surface area contributed by atoms with Crippen LogP contribution in [0.15, 0.2) is 79.4 Å². The molecule has 0 saturated heterocycles. The summed E-state index contributed by atoms with van der Waals surface area (Å²) in [5.74, 6) is -0.212. The van der Waals surface area contributed by atoms with Crippen molar-refractivity contribution in [1.29, 1.82) is 0 Å². The van der Waals surface area contributed by atoms with Crippen molar-refractivity contribution in [2.75, 3.05) is 26.0 Å². The molecule has 0 atom stereocenters. The van der Waals surface area contributed by atoms with Gasteiger partial charge >= 0.3 is 0 Å². The van der Waals surface area contributed by atoms with Gasteiger partial charge in [0.25, 0.3) is 5.91 Å². The highest BCUT2D eigenvalue weighted by molar-refractivity contribution is 6.33. The lowest BCUT2D eigenvalue weighted by atomic mass is 10.0. The lowest BCUT2D eigenvalue weighted by Gasteiger charge is -2.11. The summed E-state index contributed by atoms with van der Waals surface area (Å²) in [5, 5.41) is 3.62. The lowest BCUT2D eigenvalue weighted by Crippen LogP contribution is -2.15. The maximum absolute atomic E-state index is 12.6. The van der Waals surface area contributed by atoms with Crippen LogP contribution in [0.4, 0.5) is 5.69 Å². The molecule has 3 aromatic carbocycles. The molecule has 29 heavy (non-hydrogen) atoms. The first-order chi connectivity index (χ1) is 13.9. The average Bonchev–Trinajstić information content (AvgIpc) is 2.73. The number of halogens is 1. The molecule has 0 aliphatic carbocycles. The zero-order valence-corrected chi connectivity index (χ0v) is 17.5. The summed E-state index contributed by atoms with van der Waals surface area (Å²) in [6.07, 6.45) is 0.978. The number of hydrogen-bond acceptors (Lipinski definition) is 2. The van der Waals surface area contributed by atoms with Crippen molar-refractivity contribution in [2.45, 2.75) is 6.42 Å².